The molecule has 0 aliphatic heterocycles. The third-order valence-electron chi connectivity index (χ3n) is 10.4. The number of para-hydroxylation sites is 3. The van der Waals surface area contributed by atoms with E-state index in [2.05, 4.69) is 179 Å². The standard InChI is InChI=1S/C47H30N5Si.Rh/c1-3-16-33(17-4-1)53(34-18-5-2-6-19-34)52-42-25-10-8-20-35(42)37-28-27-32-30-39-36-21-7-9-24-41(36)51(47(39)50-45(32)46(37)52)43-26-12-23-40(49-43)38-22-11-14-31-15-13-29-48-44(31)38;/h1-30H;. The topological polar surface area (TPSA) is 48.5 Å². The van der Waals surface area contributed by atoms with E-state index in [4.69, 9.17) is 15.0 Å². The summed E-state index contributed by atoms with van der Waals surface area (Å²) in [7, 11) is -1.52. The molecular weight excluding hydrogens is 766 g/mol. The van der Waals surface area contributed by atoms with Crippen molar-refractivity contribution in [1.82, 2.24) is 23.8 Å². The SMILES string of the molecule is [Rh].c1ccc([Si](c2ccccc2)n2c3ccccc3c3ccc4cc5c6ccccc6n(-c6cccc(-c7cccc8cccnc78)n6)c5nc4c32)cc1. The first-order valence-corrected chi connectivity index (χ1v) is 19.3. The molecule has 0 spiro atoms. The number of rotatable bonds is 5. The van der Waals surface area contributed by atoms with Crippen molar-refractivity contribution in [2.45, 2.75) is 0 Å². The van der Waals surface area contributed by atoms with Crippen molar-refractivity contribution < 1.29 is 19.5 Å². The number of hydrogen-bond acceptors (Lipinski definition) is 3. The van der Waals surface area contributed by atoms with Gasteiger partial charge in [0.25, 0.3) is 0 Å². The number of hydrogen-bond donors (Lipinski definition) is 0. The van der Waals surface area contributed by atoms with Gasteiger partial charge in [0.2, 0.25) is 8.96 Å². The van der Waals surface area contributed by atoms with Crippen molar-refractivity contribution in [3.05, 3.63) is 182 Å². The van der Waals surface area contributed by atoms with Crippen LogP contribution in [0.2, 0.25) is 0 Å². The second kappa shape index (κ2) is 13.0. The maximum Gasteiger partial charge on any atom is 0.247 e. The van der Waals surface area contributed by atoms with E-state index in [9.17, 15) is 0 Å². The predicted molar refractivity (Wildman–Crippen MR) is 221 cm³/mol. The monoisotopic (exact) mass is 795 g/mol. The fourth-order valence-corrected chi connectivity index (χ4v) is 10.9. The Balaban J connectivity index is 0.00000361. The van der Waals surface area contributed by atoms with Crippen LogP contribution < -0.4 is 10.4 Å². The molecule has 0 fully saturated rings. The van der Waals surface area contributed by atoms with Gasteiger partial charge in [-0.2, -0.15) is 0 Å². The molecule has 0 unspecified atom stereocenters. The molecule has 54 heavy (non-hydrogen) atoms. The molecular formula is C47H30N5RhSi. The van der Waals surface area contributed by atoms with E-state index in [1.54, 1.807) is 0 Å². The van der Waals surface area contributed by atoms with Crippen LogP contribution in [0.15, 0.2) is 182 Å². The van der Waals surface area contributed by atoms with E-state index in [0.717, 1.165) is 66.3 Å². The molecule has 0 aliphatic carbocycles. The van der Waals surface area contributed by atoms with Crippen LogP contribution in [-0.2, 0) is 19.5 Å². The number of aromatic nitrogens is 5. The Morgan fingerprint density at radius 3 is 1.91 bits per heavy atom. The molecule has 256 valence electrons. The Bertz CT molecular complexity index is 3150. The second-order valence-corrected chi connectivity index (χ2v) is 15.7. The molecule has 5 aromatic heterocycles. The molecule has 6 aromatic carbocycles. The Morgan fingerprint density at radius 1 is 0.463 bits per heavy atom. The van der Waals surface area contributed by atoms with Gasteiger partial charge in [-0.15, -0.1) is 0 Å². The zero-order valence-electron chi connectivity index (χ0n) is 28.9. The average molecular weight is 796 g/mol. The molecule has 5 nitrogen and oxygen atoms in total. The zero-order valence-corrected chi connectivity index (χ0v) is 31.5. The van der Waals surface area contributed by atoms with Crippen LogP contribution in [-0.4, -0.2) is 32.7 Å². The molecule has 0 saturated heterocycles. The van der Waals surface area contributed by atoms with Gasteiger partial charge >= 0.3 is 0 Å². The van der Waals surface area contributed by atoms with Gasteiger partial charge < -0.3 is 4.23 Å². The first-order chi connectivity index (χ1) is 26.3. The van der Waals surface area contributed by atoms with Crippen LogP contribution in [0.1, 0.15) is 0 Å². The van der Waals surface area contributed by atoms with Gasteiger partial charge in [-0.3, -0.25) is 9.55 Å². The van der Waals surface area contributed by atoms with Crippen molar-refractivity contribution in [2.24, 2.45) is 0 Å². The number of fused-ring (bicyclic) bond motifs is 9. The molecule has 2 radical (unpaired) electrons. The van der Waals surface area contributed by atoms with Crippen LogP contribution in [0.3, 0.4) is 0 Å². The summed E-state index contributed by atoms with van der Waals surface area (Å²) in [5.41, 5.74) is 8.14. The molecule has 5 heterocycles. The minimum Gasteiger partial charge on any atom is -0.357 e. The predicted octanol–water partition coefficient (Wildman–Crippen LogP) is 9.70. The zero-order chi connectivity index (χ0) is 34.9. The summed E-state index contributed by atoms with van der Waals surface area (Å²) in [6.07, 6.45) is 1.85. The molecule has 11 aromatic rings. The number of pyridine rings is 3. The van der Waals surface area contributed by atoms with Gasteiger partial charge in [0, 0.05) is 69.1 Å². The number of benzene rings is 6. The smallest absolute Gasteiger partial charge is 0.247 e. The van der Waals surface area contributed by atoms with Crippen molar-refractivity contribution in [1.29, 1.82) is 0 Å². The quantitative estimate of drug-likeness (QED) is 0.163. The van der Waals surface area contributed by atoms with Crippen molar-refractivity contribution >= 4 is 84.9 Å². The van der Waals surface area contributed by atoms with Crippen molar-refractivity contribution in [3.8, 4) is 17.1 Å². The summed E-state index contributed by atoms with van der Waals surface area (Å²) in [4.78, 5) is 15.8. The van der Waals surface area contributed by atoms with Gasteiger partial charge in [-0.05, 0) is 46.8 Å². The third kappa shape index (κ3) is 4.97. The van der Waals surface area contributed by atoms with E-state index in [0.29, 0.717) is 0 Å². The molecule has 0 bridgehead atoms. The molecule has 0 atom stereocenters. The summed E-state index contributed by atoms with van der Waals surface area (Å²) >= 11 is 0. The Morgan fingerprint density at radius 2 is 1.13 bits per heavy atom. The Hall–Kier alpha value is -6.27. The molecule has 0 amide bonds. The van der Waals surface area contributed by atoms with Gasteiger partial charge in [-0.25, -0.2) is 9.97 Å². The van der Waals surface area contributed by atoms with Crippen molar-refractivity contribution in [2.75, 3.05) is 0 Å². The van der Waals surface area contributed by atoms with Gasteiger partial charge in [0.15, 0.2) is 0 Å². The largest absolute Gasteiger partial charge is 0.357 e. The first kappa shape index (κ1) is 32.4. The molecule has 0 saturated carbocycles. The molecule has 0 N–H and O–H groups in total. The summed E-state index contributed by atoms with van der Waals surface area (Å²) in [6, 6.07) is 62.8. The van der Waals surface area contributed by atoms with E-state index >= 15 is 0 Å². The van der Waals surface area contributed by atoms with Gasteiger partial charge in [0.1, 0.15) is 11.5 Å². The van der Waals surface area contributed by atoms with Crippen LogP contribution in [0.4, 0.5) is 0 Å². The van der Waals surface area contributed by atoms with Crippen LogP contribution in [0.5, 0.6) is 0 Å². The third-order valence-corrected chi connectivity index (χ3v) is 13.1. The van der Waals surface area contributed by atoms with Crippen LogP contribution in [0.25, 0.3) is 82.6 Å². The molecule has 0 aliphatic rings. The fourth-order valence-electron chi connectivity index (χ4n) is 8.14. The molecule has 7 heteroatoms. The van der Waals surface area contributed by atoms with Gasteiger partial charge in [0.05, 0.1) is 27.8 Å². The van der Waals surface area contributed by atoms with E-state index in [1.807, 2.05) is 12.3 Å². The van der Waals surface area contributed by atoms with Crippen LogP contribution in [0, 0.1) is 0 Å². The van der Waals surface area contributed by atoms with Gasteiger partial charge in [-0.1, -0.05) is 140 Å². The number of nitrogens with zero attached hydrogens (tertiary/aromatic N) is 5. The van der Waals surface area contributed by atoms with E-state index < -0.39 is 8.96 Å². The molecule has 11 rings (SSSR count). The average Bonchev–Trinajstić information content (AvgIpc) is 3.73. The minimum atomic E-state index is -1.52. The summed E-state index contributed by atoms with van der Waals surface area (Å²) < 4.78 is 4.85. The minimum absolute atomic E-state index is 0. The summed E-state index contributed by atoms with van der Waals surface area (Å²) in [6.45, 7) is 0. The summed E-state index contributed by atoms with van der Waals surface area (Å²) in [5.74, 6) is 0.819. The van der Waals surface area contributed by atoms with Crippen molar-refractivity contribution in [3.63, 3.8) is 0 Å². The summed E-state index contributed by atoms with van der Waals surface area (Å²) in [5, 5.41) is 9.54. The fraction of sp³-hybridized carbons (Fsp3) is 0. The Kier molecular flexibility index (Phi) is 7.79. The van der Waals surface area contributed by atoms with Crippen LogP contribution >= 0.6 is 0 Å². The first-order valence-electron chi connectivity index (χ1n) is 17.9. The second-order valence-electron chi connectivity index (χ2n) is 13.4. The van der Waals surface area contributed by atoms with E-state index in [1.165, 1.54) is 26.7 Å². The maximum atomic E-state index is 5.70. The Labute approximate surface area is 325 Å². The maximum absolute atomic E-state index is 5.70. The van der Waals surface area contributed by atoms with E-state index in [-0.39, 0.29) is 19.5 Å². The normalized spacial score (nSPS) is 11.7.